The summed E-state index contributed by atoms with van der Waals surface area (Å²) >= 11 is 0. The molecule has 1 rings (SSSR count). The molecule has 1 aliphatic rings. The van der Waals surface area contributed by atoms with E-state index in [0.717, 1.165) is 12.8 Å². The van der Waals surface area contributed by atoms with Crippen molar-refractivity contribution in [3.05, 3.63) is 0 Å². The summed E-state index contributed by atoms with van der Waals surface area (Å²) < 4.78 is 10.6. The highest BCUT2D eigenvalue weighted by Gasteiger charge is 2.29. The smallest absolute Gasteiger partial charge is 0.147 e. The van der Waals surface area contributed by atoms with Gasteiger partial charge in [0.2, 0.25) is 0 Å². The Labute approximate surface area is 99.1 Å². The SMILES string of the molecule is CCCCCCCC[C@@H]1OCO[C@H](C)[C@H]1O. The Morgan fingerprint density at radius 1 is 1.06 bits per heavy atom. The maximum absolute atomic E-state index is 9.83. The highest BCUT2D eigenvalue weighted by Crippen LogP contribution is 2.19. The van der Waals surface area contributed by atoms with Gasteiger partial charge in [-0.3, -0.25) is 0 Å². The minimum atomic E-state index is -0.454. The maximum Gasteiger partial charge on any atom is 0.147 e. The van der Waals surface area contributed by atoms with Gasteiger partial charge < -0.3 is 14.6 Å². The average Bonchev–Trinajstić information content (AvgIpc) is 2.29. The molecule has 0 aromatic rings. The van der Waals surface area contributed by atoms with E-state index >= 15 is 0 Å². The van der Waals surface area contributed by atoms with E-state index in [1.54, 1.807) is 0 Å². The fourth-order valence-electron chi connectivity index (χ4n) is 2.11. The lowest BCUT2D eigenvalue weighted by molar-refractivity contribution is -0.226. The van der Waals surface area contributed by atoms with Crippen LogP contribution < -0.4 is 0 Å². The molecule has 3 atom stereocenters. The van der Waals surface area contributed by atoms with Gasteiger partial charge in [0.1, 0.15) is 12.9 Å². The molecule has 3 heteroatoms. The molecule has 0 aromatic carbocycles. The molecule has 0 spiro atoms. The Bertz CT molecular complexity index is 173. The zero-order valence-corrected chi connectivity index (χ0v) is 10.7. The van der Waals surface area contributed by atoms with E-state index in [-0.39, 0.29) is 12.2 Å². The molecule has 1 N–H and O–H groups in total. The van der Waals surface area contributed by atoms with E-state index in [1.165, 1.54) is 32.1 Å². The lowest BCUT2D eigenvalue weighted by Gasteiger charge is -2.33. The molecule has 1 saturated heterocycles. The Kier molecular flexibility index (Phi) is 7.01. The van der Waals surface area contributed by atoms with Crippen molar-refractivity contribution in [3.63, 3.8) is 0 Å². The molecule has 0 aliphatic carbocycles. The number of unbranched alkanes of at least 4 members (excludes halogenated alkanes) is 5. The zero-order valence-electron chi connectivity index (χ0n) is 10.7. The minimum Gasteiger partial charge on any atom is -0.388 e. The molecular weight excluding hydrogens is 204 g/mol. The summed E-state index contributed by atoms with van der Waals surface area (Å²) in [5, 5.41) is 9.83. The van der Waals surface area contributed by atoms with Crippen LogP contribution in [0.2, 0.25) is 0 Å². The summed E-state index contributed by atoms with van der Waals surface area (Å²) in [7, 11) is 0. The van der Waals surface area contributed by atoms with Gasteiger partial charge in [-0.2, -0.15) is 0 Å². The first-order valence-electron chi connectivity index (χ1n) is 6.67. The largest absolute Gasteiger partial charge is 0.388 e. The van der Waals surface area contributed by atoms with Gasteiger partial charge in [-0.05, 0) is 13.3 Å². The first-order valence-corrected chi connectivity index (χ1v) is 6.67. The van der Waals surface area contributed by atoms with Crippen LogP contribution in [0.15, 0.2) is 0 Å². The Morgan fingerprint density at radius 2 is 1.75 bits per heavy atom. The van der Waals surface area contributed by atoms with Gasteiger partial charge in [-0.25, -0.2) is 0 Å². The Hall–Kier alpha value is -0.120. The third-order valence-electron chi connectivity index (χ3n) is 3.32. The third-order valence-corrected chi connectivity index (χ3v) is 3.32. The standard InChI is InChI=1S/C13H26O3/c1-3-4-5-6-7-8-9-12-13(14)11(2)15-10-16-12/h11-14H,3-10H2,1-2H3/t11-,12+,13-/m1/s1. The van der Waals surface area contributed by atoms with Gasteiger partial charge in [-0.1, -0.05) is 45.4 Å². The van der Waals surface area contributed by atoms with Crippen LogP contribution in [0.3, 0.4) is 0 Å². The Morgan fingerprint density at radius 3 is 2.50 bits per heavy atom. The third kappa shape index (κ3) is 4.81. The van der Waals surface area contributed by atoms with Gasteiger partial charge in [-0.15, -0.1) is 0 Å². The van der Waals surface area contributed by atoms with Gasteiger partial charge in [0.05, 0.1) is 12.2 Å². The van der Waals surface area contributed by atoms with Gasteiger partial charge >= 0.3 is 0 Å². The molecular formula is C13H26O3. The number of hydrogen-bond donors (Lipinski definition) is 1. The van der Waals surface area contributed by atoms with Crippen molar-refractivity contribution in [1.82, 2.24) is 0 Å². The molecule has 96 valence electrons. The maximum atomic E-state index is 9.83. The van der Waals surface area contributed by atoms with Crippen molar-refractivity contribution in [2.24, 2.45) is 0 Å². The zero-order chi connectivity index (χ0) is 11.8. The average molecular weight is 230 g/mol. The molecule has 0 amide bonds. The minimum absolute atomic E-state index is 0.0186. The van der Waals surface area contributed by atoms with Crippen molar-refractivity contribution in [2.45, 2.75) is 77.1 Å². The van der Waals surface area contributed by atoms with Gasteiger partial charge in [0.15, 0.2) is 0 Å². The predicted octanol–water partition coefficient (Wildman–Crippen LogP) is 2.86. The molecule has 0 bridgehead atoms. The number of rotatable bonds is 7. The topological polar surface area (TPSA) is 38.7 Å². The second-order valence-corrected chi connectivity index (χ2v) is 4.74. The number of aliphatic hydroxyl groups excluding tert-OH is 1. The van der Waals surface area contributed by atoms with Crippen molar-refractivity contribution < 1.29 is 14.6 Å². The second kappa shape index (κ2) is 8.04. The van der Waals surface area contributed by atoms with Crippen LogP contribution in [0.5, 0.6) is 0 Å². The van der Waals surface area contributed by atoms with Crippen LogP contribution in [-0.4, -0.2) is 30.2 Å². The summed E-state index contributed by atoms with van der Waals surface area (Å²) in [5.41, 5.74) is 0. The first-order chi connectivity index (χ1) is 7.75. The number of ether oxygens (including phenoxy) is 2. The molecule has 0 saturated carbocycles. The molecule has 0 aromatic heterocycles. The summed E-state index contributed by atoms with van der Waals surface area (Å²) in [4.78, 5) is 0. The van der Waals surface area contributed by atoms with Crippen molar-refractivity contribution in [2.75, 3.05) is 6.79 Å². The van der Waals surface area contributed by atoms with E-state index in [1.807, 2.05) is 6.92 Å². The van der Waals surface area contributed by atoms with Crippen molar-refractivity contribution in [3.8, 4) is 0 Å². The predicted molar refractivity (Wildman–Crippen MR) is 64.3 cm³/mol. The molecule has 0 unspecified atom stereocenters. The van der Waals surface area contributed by atoms with Crippen LogP contribution in [0.1, 0.15) is 58.8 Å². The van der Waals surface area contributed by atoms with Crippen LogP contribution in [0, 0.1) is 0 Å². The van der Waals surface area contributed by atoms with Crippen LogP contribution in [0.25, 0.3) is 0 Å². The van der Waals surface area contributed by atoms with Gasteiger partial charge in [0.25, 0.3) is 0 Å². The summed E-state index contributed by atoms with van der Waals surface area (Å²) in [6.45, 7) is 4.47. The van der Waals surface area contributed by atoms with Gasteiger partial charge in [0, 0.05) is 0 Å². The summed E-state index contributed by atoms with van der Waals surface area (Å²) in [5.74, 6) is 0. The Balaban J connectivity index is 2.03. The molecule has 1 aliphatic heterocycles. The van der Waals surface area contributed by atoms with E-state index in [9.17, 15) is 5.11 Å². The highest BCUT2D eigenvalue weighted by atomic mass is 16.7. The molecule has 1 fully saturated rings. The molecule has 3 nitrogen and oxygen atoms in total. The van der Waals surface area contributed by atoms with E-state index in [2.05, 4.69) is 6.92 Å². The van der Waals surface area contributed by atoms with Crippen LogP contribution >= 0.6 is 0 Å². The fourth-order valence-corrected chi connectivity index (χ4v) is 2.11. The van der Waals surface area contributed by atoms with E-state index < -0.39 is 6.10 Å². The van der Waals surface area contributed by atoms with E-state index in [0.29, 0.717) is 6.79 Å². The number of aliphatic hydroxyl groups is 1. The monoisotopic (exact) mass is 230 g/mol. The van der Waals surface area contributed by atoms with Crippen LogP contribution in [0.4, 0.5) is 0 Å². The second-order valence-electron chi connectivity index (χ2n) is 4.74. The highest BCUT2D eigenvalue weighted by molar-refractivity contribution is 4.77. The summed E-state index contributed by atoms with van der Waals surface area (Å²) in [6, 6.07) is 0. The van der Waals surface area contributed by atoms with Crippen LogP contribution in [-0.2, 0) is 9.47 Å². The quantitative estimate of drug-likeness (QED) is 0.683. The van der Waals surface area contributed by atoms with Crippen molar-refractivity contribution in [1.29, 1.82) is 0 Å². The lowest BCUT2D eigenvalue weighted by Crippen LogP contribution is -2.44. The normalized spacial score (nSPS) is 30.6. The van der Waals surface area contributed by atoms with Crippen molar-refractivity contribution >= 4 is 0 Å². The molecule has 16 heavy (non-hydrogen) atoms. The molecule has 1 heterocycles. The number of hydrogen-bond acceptors (Lipinski definition) is 3. The summed E-state index contributed by atoms with van der Waals surface area (Å²) in [6.07, 6.45) is 8.08. The molecule has 0 radical (unpaired) electrons. The first kappa shape index (κ1) is 13.9. The fraction of sp³-hybridized carbons (Fsp3) is 1.00. The lowest BCUT2D eigenvalue weighted by atomic mass is 10.0. The van der Waals surface area contributed by atoms with E-state index in [4.69, 9.17) is 9.47 Å².